The maximum absolute atomic E-state index is 13.2. The van der Waals surface area contributed by atoms with E-state index in [1.807, 2.05) is 0 Å². The van der Waals surface area contributed by atoms with E-state index in [1.54, 1.807) is 66.7 Å². The van der Waals surface area contributed by atoms with Crippen LogP contribution in [-0.4, -0.2) is 25.0 Å². The topological polar surface area (TPSA) is 118 Å². The number of nitrogens with two attached hydrogens (primary N) is 1. The van der Waals surface area contributed by atoms with E-state index in [-0.39, 0.29) is 18.0 Å². The van der Waals surface area contributed by atoms with E-state index in [2.05, 4.69) is 10.5 Å². The molecule has 1 aromatic heterocycles. The first-order valence-electron chi connectivity index (χ1n) is 8.81. The van der Waals surface area contributed by atoms with E-state index in [9.17, 15) is 13.2 Å². The third-order valence-electron chi connectivity index (χ3n) is 4.03. The van der Waals surface area contributed by atoms with Crippen LogP contribution in [0.3, 0.4) is 0 Å². The average Bonchev–Trinajstić information content (AvgIpc) is 3.17. The van der Waals surface area contributed by atoms with Crippen LogP contribution in [0.1, 0.15) is 17.1 Å². The Morgan fingerprint density at radius 2 is 1.77 bits per heavy atom. The fourth-order valence-corrected chi connectivity index (χ4v) is 4.18. The highest BCUT2D eigenvalue weighted by Gasteiger charge is 2.26. The molecule has 3 aromatic rings. The molecule has 10 heteroatoms. The third kappa shape index (κ3) is 5.69. The van der Waals surface area contributed by atoms with Gasteiger partial charge in [0.2, 0.25) is 10.0 Å². The Hall–Kier alpha value is -3.14. The normalized spacial score (nSPS) is 11.8. The maximum Gasteiger partial charge on any atom is 0.332 e. The lowest BCUT2D eigenvalue weighted by molar-refractivity contribution is 0.249. The molecule has 0 unspecified atom stereocenters. The molecule has 0 saturated carbocycles. The van der Waals surface area contributed by atoms with Crippen LogP contribution in [0.5, 0.6) is 0 Å². The zero-order chi connectivity index (χ0) is 21.6. The quantitative estimate of drug-likeness (QED) is 0.407. The van der Waals surface area contributed by atoms with Crippen LogP contribution >= 0.6 is 11.6 Å². The number of halogens is 1. The number of hydrogen-bond donors (Lipinski definition) is 2. The van der Waals surface area contributed by atoms with E-state index < -0.39 is 16.1 Å². The van der Waals surface area contributed by atoms with Crippen LogP contribution in [-0.2, 0) is 23.1 Å². The van der Waals surface area contributed by atoms with Crippen LogP contribution in [0.2, 0.25) is 5.02 Å². The first-order valence-corrected chi connectivity index (χ1v) is 10.6. The lowest BCUT2D eigenvalue weighted by atomic mass is 10.2. The molecule has 0 saturated heterocycles. The van der Waals surface area contributed by atoms with Gasteiger partial charge in [-0.05, 0) is 42.0 Å². The molecule has 30 heavy (non-hydrogen) atoms. The van der Waals surface area contributed by atoms with Crippen LogP contribution in [0.15, 0.2) is 81.1 Å². The standard InChI is InChI=1S/C20H19ClN4O4S/c21-16-8-6-15(7-9-16)13-25(30(27,28)19-4-2-1-3-5-19)14-18-11-10-17(29-18)12-23-24-20(22)26/h1-12H,13-14H2,(H3,22,24,26)/b23-12+. The zero-order valence-electron chi connectivity index (χ0n) is 15.7. The number of carbonyl (C=O) groups excluding carboxylic acids is 1. The summed E-state index contributed by atoms with van der Waals surface area (Å²) in [6.45, 7) is 0.124. The van der Waals surface area contributed by atoms with Crippen molar-refractivity contribution in [3.63, 3.8) is 0 Å². The monoisotopic (exact) mass is 446 g/mol. The molecule has 0 aliphatic heterocycles. The van der Waals surface area contributed by atoms with Gasteiger partial charge < -0.3 is 10.2 Å². The lowest BCUT2D eigenvalue weighted by Gasteiger charge is -2.21. The number of nitrogens with zero attached hydrogens (tertiary/aromatic N) is 2. The number of sulfonamides is 1. The summed E-state index contributed by atoms with van der Waals surface area (Å²) in [5.41, 5.74) is 7.77. The Balaban J connectivity index is 1.86. The molecule has 0 aliphatic carbocycles. The minimum absolute atomic E-state index is 0.00303. The van der Waals surface area contributed by atoms with E-state index in [1.165, 1.54) is 10.5 Å². The number of urea groups is 1. The molecule has 0 aliphatic rings. The molecule has 0 atom stereocenters. The fraction of sp³-hybridized carbons (Fsp3) is 0.100. The number of rotatable bonds is 8. The Kier molecular flexibility index (Phi) is 6.88. The lowest BCUT2D eigenvalue weighted by Crippen LogP contribution is -2.30. The SMILES string of the molecule is NC(=O)N/N=C/c1ccc(CN(Cc2ccc(Cl)cc2)S(=O)(=O)c2ccccc2)o1. The van der Waals surface area contributed by atoms with E-state index in [0.29, 0.717) is 16.5 Å². The smallest absolute Gasteiger partial charge is 0.332 e. The molecule has 0 bridgehead atoms. The van der Waals surface area contributed by atoms with Crippen molar-refractivity contribution in [2.75, 3.05) is 0 Å². The number of hydrogen-bond acceptors (Lipinski definition) is 5. The van der Waals surface area contributed by atoms with Gasteiger partial charge in [0.05, 0.1) is 17.7 Å². The van der Waals surface area contributed by atoms with Gasteiger partial charge in [0, 0.05) is 11.6 Å². The molecule has 1 heterocycles. The highest BCUT2D eigenvalue weighted by Crippen LogP contribution is 2.22. The number of primary amides is 1. The van der Waals surface area contributed by atoms with Crippen molar-refractivity contribution in [3.05, 3.63) is 88.8 Å². The highest BCUT2D eigenvalue weighted by atomic mass is 35.5. The van der Waals surface area contributed by atoms with Gasteiger partial charge in [-0.2, -0.15) is 9.41 Å². The van der Waals surface area contributed by atoms with Crippen molar-refractivity contribution in [2.45, 2.75) is 18.0 Å². The molecular formula is C20H19ClN4O4S. The summed E-state index contributed by atoms with van der Waals surface area (Å²) >= 11 is 5.93. The fourth-order valence-electron chi connectivity index (χ4n) is 2.64. The molecule has 3 N–H and O–H groups in total. The van der Waals surface area contributed by atoms with E-state index >= 15 is 0 Å². The summed E-state index contributed by atoms with van der Waals surface area (Å²) < 4.78 is 33.4. The Morgan fingerprint density at radius 1 is 1.07 bits per heavy atom. The Labute approximate surface area is 179 Å². The van der Waals surface area contributed by atoms with Gasteiger partial charge in [0.1, 0.15) is 11.5 Å². The predicted octanol–water partition coefficient (Wildman–Crippen LogP) is 3.33. The number of amides is 2. The molecule has 0 spiro atoms. The van der Waals surface area contributed by atoms with Crippen LogP contribution in [0, 0.1) is 0 Å². The number of nitrogens with one attached hydrogen (secondary N) is 1. The van der Waals surface area contributed by atoms with Gasteiger partial charge in [0.25, 0.3) is 0 Å². The first-order chi connectivity index (χ1) is 14.3. The average molecular weight is 447 g/mol. The molecule has 8 nitrogen and oxygen atoms in total. The highest BCUT2D eigenvalue weighted by molar-refractivity contribution is 7.89. The summed E-state index contributed by atoms with van der Waals surface area (Å²) in [6.07, 6.45) is 1.27. The maximum atomic E-state index is 13.2. The summed E-state index contributed by atoms with van der Waals surface area (Å²) in [5.74, 6) is 0.742. The van der Waals surface area contributed by atoms with Gasteiger partial charge in [-0.1, -0.05) is 41.9 Å². The van der Waals surface area contributed by atoms with Crippen molar-refractivity contribution < 1.29 is 17.6 Å². The van der Waals surface area contributed by atoms with Gasteiger partial charge in [-0.15, -0.1) is 0 Å². The van der Waals surface area contributed by atoms with Crippen LogP contribution in [0.4, 0.5) is 4.79 Å². The van der Waals surface area contributed by atoms with Crippen molar-refractivity contribution >= 4 is 33.9 Å². The summed E-state index contributed by atoms with van der Waals surface area (Å²) in [6, 6.07) is 17.6. The third-order valence-corrected chi connectivity index (χ3v) is 6.09. The van der Waals surface area contributed by atoms with Crippen molar-refractivity contribution in [1.29, 1.82) is 0 Å². The number of furan rings is 1. The van der Waals surface area contributed by atoms with Gasteiger partial charge in [0.15, 0.2) is 0 Å². The van der Waals surface area contributed by atoms with Crippen molar-refractivity contribution in [3.8, 4) is 0 Å². The minimum Gasteiger partial charge on any atom is -0.459 e. The number of carbonyl (C=O) groups is 1. The molecule has 2 aromatic carbocycles. The van der Waals surface area contributed by atoms with Gasteiger partial charge in [-0.3, -0.25) is 0 Å². The van der Waals surface area contributed by atoms with E-state index in [4.69, 9.17) is 21.8 Å². The summed E-state index contributed by atoms with van der Waals surface area (Å²) in [5, 5.41) is 4.18. The van der Waals surface area contributed by atoms with Gasteiger partial charge in [-0.25, -0.2) is 18.6 Å². The Bertz CT molecular complexity index is 1130. The first kappa shape index (κ1) is 21.6. The zero-order valence-corrected chi connectivity index (χ0v) is 17.3. The molecule has 0 radical (unpaired) electrons. The van der Waals surface area contributed by atoms with Crippen LogP contribution in [0.25, 0.3) is 0 Å². The molecule has 3 rings (SSSR count). The van der Waals surface area contributed by atoms with Gasteiger partial charge >= 0.3 is 6.03 Å². The second-order valence-corrected chi connectivity index (χ2v) is 8.63. The molecular weight excluding hydrogens is 428 g/mol. The second kappa shape index (κ2) is 9.57. The summed E-state index contributed by atoms with van der Waals surface area (Å²) in [7, 11) is -3.79. The second-order valence-electron chi connectivity index (χ2n) is 6.25. The largest absolute Gasteiger partial charge is 0.459 e. The molecule has 0 fully saturated rings. The van der Waals surface area contributed by atoms with Crippen LogP contribution < -0.4 is 11.2 Å². The number of benzene rings is 2. The minimum atomic E-state index is -3.79. The van der Waals surface area contributed by atoms with Crippen molar-refractivity contribution in [1.82, 2.24) is 9.73 Å². The molecule has 156 valence electrons. The van der Waals surface area contributed by atoms with Crippen molar-refractivity contribution in [2.24, 2.45) is 10.8 Å². The number of hydrazone groups is 1. The predicted molar refractivity (Wildman–Crippen MR) is 113 cm³/mol. The summed E-state index contributed by atoms with van der Waals surface area (Å²) in [4.78, 5) is 10.8. The molecule has 2 amide bonds. The van der Waals surface area contributed by atoms with E-state index in [0.717, 1.165) is 5.56 Å². The Morgan fingerprint density at radius 3 is 2.43 bits per heavy atom.